The topological polar surface area (TPSA) is 61.1 Å². The summed E-state index contributed by atoms with van der Waals surface area (Å²) >= 11 is 0. The van der Waals surface area contributed by atoms with Crippen molar-refractivity contribution in [1.82, 2.24) is 19.7 Å². The highest BCUT2D eigenvalue weighted by Crippen LogP contribution is 2.26. The molecule has 1 amide bonds. The summed E-state index contributed by atoms with van der Waals surface area (Å²) in [7, 11) is 3.45. The predicted octanol–water partition coefficient (Wildman–Crippen LogP) is 3.02. The molecule has 6 heteroatoms. The van der Waals surface area contributed by atoms with E-state index in [9.17, 15) is 4.79 Å². The number of hydrogen-bond acceptors (Lipinski definition) is 3. The molecule has 6 nitrogen and oxygen atoms in total. The van der Waals surface area contributed by atoms with Gasteiger partial charge in [-0.15, -0.1) is 0 Å². The number of nitrogens with one attached hydrogen (secondary N) is 1. The number of carbonyl (C=O) groups is 1. The van der Waals surface area contributed by atoms with Crippen LogP contribution >= 0.6 is 0 Å². The van der Waals surface area contributed by atoms with E-state index in [1.807, 2.05) is 68.2 Å². The summed E-state index contributed by atoms with van der Waals surface area (Å²) in [5.74, 6) is 1.31. The van der Waals surface area contributed by atoms with E-state index < -0.39 is 0 Å². The minimum atomic E-state index is -0.194. The van der Waals surface area contributed by atoms with Gasteiger partial charge in [0.05, 0.1) is 19.3 Å². The molecule has 0 saturated heterocycles. The highest BCUT2D eigenvalue weighted by molar-refractivity contribution is 5.97. The van der Waals surface area contributed by atoms with Crippen LogP contribution in [-0.4, -0.2) is 27.4 Å². The van der Waals surface area contributed by atoms with Crippen LogP contribution in [0.1, 0.15) is 34.5 Å². The van der Waals surface area contributed by atoms with E-state index >= 15 is 0 Å². The molecule has 0 aliphatic rings. The van der Waals surface area contributed by atoms with E-state index in [0.29, 0.717) is 5.56 Å². The number of aromatic nitrogens is 3. The lowest BCUT2D eigenvalue weighted by atomic mass is 10.0. The Kier molecular flexibility index (Phi) is 4.61. The maximum absolute atomic E-state index is 12.8. The number of rotatable bonds is 5. The van der Waals surface area contributed by atoms with Crippen LogP contribution in [0, 0.1) is 6.92 Å². The lowest BCUT2D eigenvalue weighted by molar-refractivity contribution is 0.0939. The van der Waals surface area contributed by atoms with Crippen LogP contribution in [0.3, 0.4) is 0 Å². The summed E-state index contributed by atoms with van der Waals surface area (Å²) in [4.78, 5) is 12.8. The Balaban J connectivity index is 1.88. The van der Waals surface area contributed by atoms with Crippen LogP contribution in [0.15, 0.2) is 48.9 Å². The van der Waals surface area contributed by atoms with E-state index in [1.54, 1.807) is 18.0 Å². The molecule has 1 N–H and O–H groups in total. The van der Waals surface area contributed by atoms with E-state index in [-0.39, 0.29) is 11.9 Å². The SMILES string of the molecule is COc1ccc(C)cc1C(C)NC(=O)c1cnn(C)c1-n1cccc1. The lowest BCUT2D eigenvalue weighted by Crippen LogP contribution is -2.27. The highest BCUT2D eigenvalue weighted by atomic mass is 16.5. The number of benzene rings is 1. The average Bonchev–Trinajstić information content (AvgIpc) is 3.23. The first-order valence-corrected chi connectivity index (χ1v) is 8.12. The highest BCUT2D eigenvalue weighted by Gasteiger charge is 2.20. The van der Waals surface area contributed by atoms with Crippen LogP contribution in [0.25, 0.3) is 5.82 Å². The number of aryl methyl sites for hydroxylation is 2. The van der Waals surface area contributed by atoms with Crippen LogP contribution in [0.2, 0.25) is 0 Å². The van der Waals surface area contributed by atoms with Crippen molar-refractivity contribution in [3.63, 3.8) is 0 Å². The Morgan fingerprint density at radius 1 is 1.28 bits per heavy atom. The quantitative estimate of drug-likeness (QED) is 0.778. The van der Waals surface area contributed by atoms with E-state index in [4.69, 9.17) is 4.74 Å². The summed E-state index contributed by atoms with van der Waals surface area (Å²) in [6.07, 6.45) is 5.37. The third-order valence-corrected chi connectivity index (χ3v) is 4.20. The fraction of sp³-hybridized carbons (Fsp3) is 0.263. The molecular formula is C19H22N4O2. The third kappa shape index (κ3) is 3.28. The Bertz CT molecular complexity index is 881. The minimum Gasteiger partial charge on any atom is -0.496 e. The van der Waals surface area contributed by atoms with Crippen molar-refractivity contribution >= 4 is 5.91 Å². The van der Waals surface area contributed by atoms with Gasteiger partial charge in [0.15, 0.2) is 0 Å². The molecule has 3 rings (SSSR count). The van der Waals surface area contributed by atoms with Crippen LogP contribution in [0.4, 0.5) is 0 Å². The molecule has 0 radical (unpaired) electrons. The largest absolute Gasteiger partial charge is 0.496 e. The van der Waals surface area contributed by atoms with Gasteiger partial charge in [-0.3, -0.25) is 9.48 Å². The van der Waals surface area contributed by atoms with Crippen LogP contribution < -0.4 is 10.1 Å². The number of methoxy groups -OCH3 is 1. The molecule has 0 aliphatic heterocycles. The van der Waals surface area contributed by atoms with Gasteiger partial charge in [0.25, 0.3) is 5.91 Å². The molecule has 3 aromatic rings. The molecule has 130 valence electrons. The van der Waals surface area contributed by atoms with Gasteiger partial charge in [-0.2, -0.15) is 5.10 Å². The second kappa shape index (κ2) is 6.84. The van der Waals surface area contributed by atoms with Crippen LogP contribution in [0.5, 0.6) is 5.75 Å². The fourth-order valence-electron chi connectivity index (χ4n) is 2.92. The molecule has 25 heavy (non-hydrogen) atoms. The summed E-state index contributed by atoms with van der Waals surface area (Å²) in [6.45, 7) is 3.96. The predicted molar refractivity (Wildman–Crippen MR) is 96.1 cm³/mol. The first kappa shape index (κ1) is 16.8. The summed E-state index contributed by atoms with van der Waals surface area (Å²) in [5, 5.41) is 7.28. The van der Waals surface area contributed by atoms with Gasteiger partial charge in [-0.1, -0.05) is 17.7 Å². The summed E-state index contributed by atoms with van der Waals surface area (Å²) in [6, 6.07) is 9.56. The van der Waals surface area contributed by atoms with Crippen molar-refractivity contribution in [2.24, 2.45) is 7.05 Å². The molecule has 0 fully saturated rings. The van der Waals surface area contributed by atoms with Crippen molar-refractivity contribution in [2.75, 3.05) is 7.11 Å². The minimum absolute atomic E-state index is 0.173. The van der Waals surface area contributed by atoms with Crippen molar-refractivity contribution in [2.45, 2.75) is 19.9 Å². The average molecular weight is 338 g/mol. The van der Waals surface area contributed by atoms with Crippen molar-refractivity contribution in [3.8, 4) is 11.6 Å². The number of hydrogen-bond donors (Lipinski definition) is 1. The van der Waals surface area contributed by atoms with Gasteiger partial charge < -0.3 is 14.6 Å². The van der Waals surface area contributed by atoms with Crippen molar-refractivity contribution < 1.29 is 9.53 Å². The molecular weight excluding hydrogens is 316 g/mol. The lowest BCUT2D eigenvalue weighted by Gasteiger charge is -2.18. The van der Waals surface area contributed by atoms with Crippen LogP contribution in [-0.2, 0) is 7.05 Å². The Morgan fingerprint density at radius 3 is 2.68 bits per heavy atom. The number of carbonyl (C=O) groups excluding carboxylic acids is 1. The smallest absolute Gasteiger partial charge is 0.257 e. The summed E-state index contributed by atoms with van der Waals surface area (Å²) < 4.78 is 8.99. The number of nitrogens with zero attached hydrogens (tertiary/aromatic N) is 3. The molecule has 1 atom stereocenters. The van der Waals surface area contributed by atoms with Crippen molar-refractivity contribution in [1.29, 1.82) is 0 Å². The molecule has 2 heterocycles. The van der Waals surface area contributed by atoms with Gasteiger partial charge in [0.2, 0.25) is 0 Å². The van der Waals surface area contributed by atoms with E-state index in [1.165, 1.54) is 0 Å². The monoisotopic (exact) mass is 338 g/mol. The Hall–Kier alpha value is -3.02. The molecule has 2 aromatic heterocycles. The van der Waals surface area contributed by atoms with Gasteiger partial charge in [-0.05, 0) is 32.0 Å². The second-order valence-electron chi connectivity index (χ2n) is 6.04. The molecule has 1 aromatic carbocycles. The maximum atomic E-state index is 12.8. The molecule has 0 spiro atoms. The first-order valence-electron chi connectivity index (χ1n) is 8.12. The summed E-state index contributed by atoms with van der Waals surface area (Å²) in [5.41, 5.74) is 2.59. The zero-order chi connectivity index (χ0) is 18.0. The zero-order valence-electron chi connectivity index (χ0n) is 14.9. The van der Waals surface area contributed by atoms with Gasteiger partial charge >= 0.3 is 0 Å². The second-order valence-corrected chi connectivity index (χ2v) is 6.04. The van der Waals surface area contributed by atoms with E-state index in [0.717, 1.165) is 22.7 Å². The molecule has 0 aliphatic carbocycles. The Morgan fingerprint density at radius 2 is 2.00 bits per heavy atom. The maximum Gasteiger partial charge on any atom is 0.257 e. The standard InChI is InChI=1S/C19H22N4O2/c1-13-7-8-17(25-4)15(11-13)14(2)21-18(24)16-12-20-22(3)19(16)23-9-5-6-10-23/h5-12,14H,1-4H3,(H,21,24). The first-order chi connectivity index (χ1) is 12.0. The zero-order valence-corrected chi connectivity index (χ0v) is 14.9. The third-order valence-electron chi connectivity index (χ3n) is 4.20. The number of ether oxygens (including phenoxy) is 1. The van der Waals surface area contributed by atoms with Gasteiger partial charge in [0.1, 0.15) is 17.1 Å². The van der Waals surface area contributed by atoms with Crippen molar-refractivity contribution in [3.05, 3.63) is 65.6 Å². The van der Waals surface area contributed by atoms with Gasteiger partial charge in [0, 0.05) is 25.0 Å². The van der Waals surface area contributed by atoms with Gasteiger partial charge in [-0.25, -0.2) is 0 Å². The molecule has 1 unspecified atom stereocenters. The Labute approximate surface area is 147 Å². The van der Waals surface area contributed by atoms with E-state index in [2.05, 4.69) is 10.4 Å². The molecule has 0 saturated carbocycles. The normalized spacial score (nSPS) is 12.0. The number of amides is 1. The fourth-order valence-corrected chi connectivity index (χ4v) is 2.92. The molecule has 0 bridgehead atoms.